The Hall–Kier alpha value is -3.61. The van der Waals surface area contributed by atoms with E-state index in [9.17, 15) is 4.79 Å². The number of methoxy groups -OCH3 is 2. The topological polar surface area (TPSA) is 85.4 Å². The number of anilines is 3. The molecule has 1 amide bonds. The highest BCUT2D eigenvalue weighted by molar-refractivity contribution is 6.03. The lowest BCUT2D eigenvalue weighted by molar-refractivity contribution is 0.102. The molecular formula is C19H18N4O3. The maximum absolute atomic E-state index is 12.4. The quantitative estimate of drug-likeness (QED) is 0.708. The third-order valence-electron chi connectivity index (χ3n) is 3.60. The molecule has 0 aliphatic carbocycles. The van der Waals surface area contributed by atoms with E-state index in [2.05, 4.69) is 20.8 Å². The first-order valence-corrected chi connectivity index (χ1v) is 7.89. The minimum Gasteiger partial charge on any atom is -0.497 e. The fourth-order valence-electron chi connectivity index (χ4n) is 2.28. The molecule has 2 aromatic carbocycles. The van der Waals surface area contributed by atoms with Crippen molar-refractivity contribution in [3.05, 3.63) is 66.4 Å². The van der Waals surface area contributed by atoms with Gasteiger partial charge in [-0.15, -0.1) is 10.2 Å². The molecule has 7 heteroatoms. The molecule has 1 heterocycles. The summed E-state index contributed by atoms with van der Waals surface area (Å²) in [6, 6.07) is 18.0. The smallest absolute Gasteiger partial charge is 0.276 e. The third-order valence-corrected chi connectivity index (χ3v) is 3.60. The van der Waals surface area contributed by atoms with Gasteiger partial charge in [0.25, 0.3) is 5.91 Å². The lowest BCUT2D eigenvalue weighted by atomic mass is 10.2. The van der Waals surface area contributed by atoms with Gasteiger partial charge in [-0.3, -0.25) is 4.79 Å². The summed E-state index contributed by atoms with van der Waals surface area (Å²) < 4.78 is 10.4. The number of para-hydroxylation sites is 1. The highest BCUT2D eigenvalue weighted by atomic mass is 16.5. The van der Waals surface area contributed by atoms with Crippen molar-refractivity contribution in [3.63, 3.8) is 0 Å². The molecule has 0 saturated heterocycles. The van der Waals surface area contributed by atoms with Crippen molar-refractivity contribution in [3.8, 4) is 11.5 Å². The second-order valence-electron chi connectivity index (χ2n) is 5.32. The maximum atomic E-state index is 12.4. The number of hydrogen-bond acceptors (Lipinski definition) is 6. The number of rotatable bonds is 6. The number of hydrogen-bond donors (Lipinski definition) is 2. The number of carbonyl (C=O) groups excluding carboxylic acids is 1. The largest absolute Gasteiger partial charge is 0.497 e. The molecule has 0 unspecified atom stereocenters. The van der Waals surface area contributed by atoms with Gasteiger partial charge in [-0.25, -0.2) is 0 Å². The van der Waals surface area contributed by atoms with Gasteiger partial charge in [-0.05, 0) is 36.4 Å². The van der Waals surface area contributed by atoms with Crippen LogP contribution < -0.4 is 20.1 Å². The average Bonchev–Trinajstić information content (AvgIpc) is 2.69. The van der Waals surface area contributed by atoms with Gasteiger partial charge in [-0.1, -0.05) is 18.2 Å². The molecule has 0 aliphatic heterocycles. The Kier molecular flexibility index (Phi) is 5.28. The Balaban J connectivity index is 1.70. The Morgan fingerprint density at radius 1 is 0.923 bits per heavy atom. The Morgan fingerprint density at radius 2 is 1.73 bits per heavy atom. The van der Waals surface area contributed by atoms with Crippen molar-refractivity contribution in [2.24, 2.45) is 0 Å². The van der Waals surface area contributed by atoms with Crippen LogP contribution in [0.25, 0.3) is 0 Å². The van der Waals surface area contributed by atoms with E-state index in [1.807, 2.05) is 30.3 Å². The molecule has 3 aromatic rings. The van der Waals surface area contributed by atoms with Gasteiger partial charge >= 0.3 is 0 Å². The molecule has 0 fully saturated rings. The molecule has 0 radical (unpaired) electrons. The molecule has 0 bridgehead atoms. The van der Waals surface area contributed by atoms with Crippen LogP contribution >= 0.6 is 0 Å². The fourth-order valence-corrected chi connectivity index (χ4v) is 2.28. The molecule has 1 aromatic heterocycles. The lowest BCUT2D eigenvalue weighted by Crippen LogP contribution is -2.15. The molecule has 2 N–H and O–H groups in total. The molecule has 0 spiro atoms. The van der Waals surface area contributed by atoms with Crippen LogP contribution in [0.3, 0.4) is 0 Å². The van der Waals surface area contributed by atoms with Gasteiger partial charge < -0.3 is 20.1 Å². The Labute approximate surface area is 151 Å². The number of ether oxygens (including phenoxy) is 2. The van der Waals surface area contributed by atoms with Gasteiger partial charge in [-0.2, -0.15) is 0 Å². The predicted molar refractivity (Wildman–Crippen MR) is 99.3 cm³/mol. The minimum atomic E-state index is -0.382. The van der Waals surface area contributed by atoms with Crippen molar-refractivity contribution in [2.75, 3.05) is 24.9 Å². The van der Waals surface area contributed by atoms with Gasteiger partial charge in [0.1, 0.15) is 11.5 Å². The van der Waals surface area contributed by atoms with E-state index < -0.39 is 0 Å². The van der Waals surface area contributed by atoms with E-state index in [0.29, 0.717) is 23.0 Å². The number of nitrogens with zero attached hydrogens (tertiary/aromatic N) is 2. The zero-order valence-electron chi connectivity index (χ0n) is 14.4. The average molecular weight is 350 g/mol. The number of benzene rings is 2. The summed E-state index contributed by atoms with van der Waals surface area (Å²) in [5.74, 6) is 1.30. The first-order chi connectivity index (χ1) is 12.7. The van der Waals surface area contributed by atoms with Crippen molar-refractivity contribution < 1.29 is 14.3 Å². The van der Waals surface area contributed by atoms with Gasteiger partial charge in [0.2, 0.25) is 0 Å². The highest BCUT2D eigenvalue weighted by Gasteiger charge is 2.12. The van der Waals surface area contributed by atoms with Crippen molar-refractivity contribution in [1.29, 1.82) is 0 Å². The van der Waals surface area contributed by atoms with E-state index in [1.54, 1.807) is 37.4 Å². The van der Waals surface area contributed by atoms with Crippen LogP contribution in [-0.2, 0) is 0 Å². The second-order valence-corrected chi connectivity index (χ2v) is 5.32. The van der Waals surface area contributed by atoms with Crippen molar-refractivity contribution in [2.45, 2.75) is 0 Å². The number of nitrogens with one attached hydrogen (secondary N) is 2. The molecular weight excluding hydrogens is 332 g/mol. The van der Waals surface area contributed by atoms with Gasteiger partial charge in [0.15, 0.2) is 11.5 Å². The standard InChI is InChI=1S/C19H18N4O3/c1-25-14-8-9-15(17(12-14)26-2)21-19(24)16-10-11-18(23-22-16)20-13-6-4-3-5-7-13/h3-12H,1-2H3,(H,20,23)(H,21,24). The van der Waals surface area contributed by atoms with Crippen LogP contribution in [0.2, 0.25) is 0 Å². The predicted octanol–water partition coefficient (Wildman–Crippen LogP) is 3.49. The number of amides is 1. The van der Waals surface area contributed by atoms with Crippen LogP contribution in [0.5, 0.6) is 11.5 Å². The third kappa shape index (κ3) is 4.07. The molecule has 0 atom stereocenters. The Bertz CT molecular complexity index is 883. The lowest BCUT2D eigenvalue weighted by Gasteiger charge is -2.11. The van der Waals surface area contributed by atoms with Crippen LogP contribution in [0.1, 0.15) is 10.5 Å². The van der Waals surface area contributed by atoms with Crippen LogP contribution in [0.4, 0.5) is 17.2 Å². The van der Waals surface area contributed by atoms with Crippen molar-refractivity contribution >= 4 is 23.1 Å². The van der Waals surface area contributed by atoms with E-state index in [-0.39, 0.29) is 11.6 Å². The van der Waals surface area contributed by atoms with Crippen molar-refractivity contribution in [1.82, 2.24) is 10.2 Å². The molecule has 3 rings (SSSR count). The zero-order chi connectivity index (χ0) is 18.4. The van der Waals surface area contributed by atoms with E-state index in [1.165, 1.54) is 7.11 Å². The van der Waals surface area contributed by atoms with Crippen LogP contribution in [0, 0.1) is 0 Å². The van der Waals surface area contributed by atoms with Gasteiger partial charge in [0.05, 0.1) is 19.9 Å². The summed E-state index contributed by atoms with van der Waals surface area (Å²) in [5, 5.41) is 13.9. The maximum Gasteiger partial charge on any atom is 0.276 e. The van der Waals surface area contributed by atoms with E-state index in [0.717, 1.165) is 5.69 Å². The summed E-state index contributed by atoms with van der Waals surface area (Å²) >= 11 is 0. The Morgan fingerprint density at radius 3 is 2.38 bits per heavy atom. The highest BCUT2D eigenvalue weighted by Crippen LogP contribution is 2.29. The molecule has 26 heavy (non-hydrogen) atoms. The monoisotopic (exact) mass is 350 g/mol. The number of carbonyl (C=O) groups is 1. The molecule has 132 valence electrons. The van der Waals surface area contributed by atoms with Gasteiger partial charge in [0, 0.05) is 11.8 Å². The summed E-state index contributed by atoms with van der Waals surface area (Å²) in [4.78, 5) is 12.4. The SMILES string of the molecule is COc1ccc(NC(=O)c2ccc(Nc3ccccc3)nn2)c(OC)c1. The fraction of sp³-hybridized carbons (Fsp3) is 0.105. The summed E-state index contributed by atoms with van der Waals surface area (Å²) in [6.45, 7) is 0. The number of aromatic nitrogens is 2. The molecule has 7 nitrogen and oxygen atoms in total. The zero-order valence-corrected chi connectivity index (χ0v) is 14.4. The van der Waals surface area contributed by atoms with Crippen LogP contribution in [-0.4, -0.2) is 30.3 Å². The second kappa shape index (κ2) is 7.98. The van der Waals surface area contributed by atoms with E-state index >= 15 is 0 Å². The molecule has 0 saturated carbocycles. The summed E-state index contributed by atoms with van der Waals surface area (Å²) in [5.41, 5.74) is 1.61. The minimum absolute atomic E-state index is 0.196. The summed E-state index contributed by atoms with van der Waals surface area (Å²) in [7, 11) is 3.09. The first-order valence-electron chi connectivity index (χ1n) is 7.89. The summed E-state index contributed by atoms with van der Waals surface area (Å²) in [6.07, 6.45) is 0. The van der Waals surface area contributed by atoms with E-state index in [4.69, 9.17) is 9.47 Å². The molecule has 0 aliphatic rings. The normalized spacial score (nSPS) is 10.1. The first kappa shape index (κ1) is 17.2. The van der Waals surface area contributed by atoms with Crippen LogP contribution in [0.15, 0.2) is 60.7 Å².